The van der Waals surface area contributed by atoms with Crippen LogP contribution in [0.4, 0.5) is 24.7 Å². The van der Waals surface area contributed by atoms with Crippen molar-refractivity contribution in [1.82, 2.24) is 4.98 Å². The minimum Gasteiger partial charge on any atom is -0.493 e. The highest BCUT2D eigenvalue weighted by molar-refractivity contribution is 6.09. The Labute approximate surface area is 207 Å². The summed E-state index contributed by atoms with van der Waals surface area (Å²) in [5, 5.41) is 0. The van der Waals surface area contributed by atoms with Crippen LogP contribution in [0.25, 0.3) is 11.1 Å². The van der Waals surface area contributed by atoms with Crippen LogP contribution >= 0.6 is 0 Å². The first-order valence-electron chi connectivity index (χ1n) is 11.2. The maximum atomic E-state index is 13.3. The molecule has 4 rings (SSSR count). The van der Waals surface area contributed by atoms with Gasteiger partial charge in [-0.25, -0.2) is 4.98 Å². The summed E-state index contributed by atoms with van der Waals surface area (Å²) in [6.07, 6.45) is -3.82. The molecule has 5 nitrogen and oxygen atoms in total. The lowest BCUT2D eigenvalue weighted by Gasteiger charge is -2.20. The van der Waals surface area contributed by atoms with Crippen LogP contribution in [0, 0.1) is 0 Å². The van der Waals surface area contributed by atoms with E-state index in [1.54, 1.807) is 61.6 Å². The van der Waals surface area contributed by atoms with E-state index in [0.717, 1.165) is 17.8 Å². The molecule has 8 heteroatoms. The predicted molar refractivity (Wildman–Crippen MR) is 134 cm³/mol. The highest BCUT2D eigenvalue weighted by atomic mass is 19.4. The molecule has 0 aliphatic carbocycles. The lowest BCUT2D eigenvalue weighted by molar-refractivity contribution is -0.137. The van der Waals surface area contributed by atoms with Gasteiger partial charge in [0.2, 0.25) is 0 Å². The predicted octanol–water partition coefficient (Wildman–Crippen LogP) is 6.25. The number of halogens is 3. The number of nitrogen functional groups attached to an aromatic ring is 1. The normalized spacial score (nSPS) is 11.2. The average molecular weight is 492 g/mol. The van der Waals surface area contributed by atoms with Gasteiger partial charge in [0.1, 0.15) is 11.6 Å². The molecule has 3 aromatic carbocycles. The zero-order chi connectivity index (χ0) is 25.7. The molecule has 4 aromatic rings. The largest absolute Gasteiger partial charge is 0.493 e. The number of nitrogens with two attached hydrogens (primary N) is 1. The Hall–Kier alpha value is -4.33. The Morgan fingerprint density at radius 2 is 1.61 bits per heavy atom. The first-order valence-corrected chi connectivity index (χ1v) is 11.2. The van der Waals surface area contributed by atoms with Crippen LogP contribution in [-0.2, 0) is 12.6 Å². The molecule has 0 spiro atoms. The molecule has 0 atom stereocenters. The number of ether oxygens (including phenoxy) is 1. The van der Waals surface area contributed by atoms with Gasteiger partial charge >= 0.3 is 6.18 Å². The molecular weight excluding hydrogens is 467 g/mol. The first kappa shape index (κ1) is 24.8. The van der Waals surface area contributed by atoms with Gasteiger partial charge in [0, 0.05) is 30.4 Å². The molecule has 0 saturated carbocycles. The summed E-state index contributed by atoms with van der Waals surface area (Å²) in [5.41, 5.74) is 7.90. The van der Waals surface area contributed by atoms with Crippen LogP contribution < -0.4 is 15.4 Å². The summed E-state index contributed by atoms with van der Waals surface area (Å²) in [6, 6.07) is 24.2. The van der Waals surface area contributed by atoms with Gasteiger partial charge in [-0.1, -0.05) is 36.4 Å². The van der Waals surface area contributed by atoms with Crippen LogP contribution in [0.3, 0.4) is 0 Å². The van der Waals surface area contributed by atoms with Gasteiger partial charge in [0.15, 0.2) is 0 Å². The fourth-order valence-corrected chi connectivity index (χ4v) is 3.73. The number of benzene rings is 3. The van der Waals surface area contributed by atoms with Crippen LogP contribution in [0.5, 0.6) is 5.75 Å². The van der Waals surface area contributed by atoms with E-state index in [0.29, 0.717) is 47.0 Å². The molecule has 1 heterocycles. The molecule has 2 N–H and O–H groups in total. The van der Waals surface area contributed by atoms with Gasteiger partial charge in [0.05, 0.1) is 12.2 Å². The van der Waals surface area contributed by atoms with Gasteiger partial charge in [-0.3, -0.25) is 4.79 Å². The van der Waals surface area contributed by atoms with Crippen molar-refractivity contribution in [1.29, 1.82) is 0 Å². The highest BCUT2D eigenvalue weighted by Gasteiger charge is 2.30. The minimum atomic E-state index is -4.42. The van der Waals surface area contributed by atoms with Crippen molar-refractivity contribution in [3.05, 3.63) is 108 Å². The monoisotopic (exact) mass is 491 g/mol. The van der Waals surface area contributed by atoms with Crippen LogP contribution in [-0.4, -0.2) is 24.5 Å². The fourth-order valence-electron chi connectivity index (χ4n) is 3.73. The van der Waals surface area contributed by atoms with Crippen molar-refractivity contribution in [2.24, 2.45) is 0 Å². The molecule has 0 aliphatic heterocycles. The van der Waals surface area contributed by atoms with Crippen LogP contribution in [0.15, 0.2) is 91.0 Å². The van der Waals surface area contributed by atoms with E-state index in [-0.39, 0.29) is 5.91 Å². The Morgan fingerprint density at radius 3 is 2.28 bits per heavy atom. The molecule has 1 aromatic heterocycles. The minimum absolute atomic E-state index is 0.285. The number of anilines is 2. The van der Waals surface area contributed by atoms with E-state index in [1.165, 1.54) is 17.0 Å². The summed E-state index contributed by atoms with van der Waals surface area (Å²) >= 11 is 0. The maximum Gasteiger partial charge on any atom is 0.416 e. The lowest BCUT2D eigenvalue weighted by atomic mass is 9.97. The lowest BCUT2D eigenvalue weighted by Crippen LogP contribution is -2.26. The second-order valence-electron chi connectivity index (χ2n) is 8.13. The third-order valence-electron chi connectivity index (χ3n) is 5.66. The zero-order valence-electron chi connectivity index (χ0n) is 19.5. The standard InChI is InChI=1S/C28H24F3N3O2/c1-34(22-13-15-23(16-14-22)36-18-17-21-5-4-8-26(32)33-21)27(35)25-7-3-2-6-24(25)19-9-11-20(12-10-19)28(29,30)31/h2-16H,17-18H2,1H3,(H2,32,33). The molecule has 0 aliphatic rings. The second kappa shape index (κ2) is 10.5. The second-order valence-corrected chi connectivity index (χ2v) is 8.13. The number of amides is 1. The van der Waals surface area contributed by atoms with Crippen molar-refractivity contribution in [3.8, 4) is 16.9 Å². The number of aromatic nitrogens is 1. The third-order valence-corrected chi connectivity index (χ3v) is 5.66. The quantitative estimate of drug-likeness (QED) is 0.332. The SMILES string of the molecule is CN(C(=O)c1ccccc1-c1ccc(C(F)(F)F)cc1)c1ccc(OCCc2cccc(N)n2)cc1. The van der Waals surface area contributed by atoms with Crippen LogP contribution in [0.2, 0.25) is 0 Å². The van der Waals surface area contributed by atoms with Crippen molar-refractivity contribution < 1.29 is 22.7 Å². The van der Waals surface area contributed by atoms with E-state index in [9.17, 15) is 18.0 Å². The summed E-state index contributed by atoms with van der Waals surface area (Å²) in [6.45, 7) is 0.422. The van der Waals surface area contributed by atoms with Gasteiger partial charge in [0.25, 0.3) is 5.91 Å². The number of carbonyl (C=O) groups excluding carboxylic acids is 1. The first-order chi connectivity index (χ1) is 17.2. The zero-order valence-corrected chi connectivity index (χ0v) is 19.5. The Morgan fingerprint density at radius 1 is 0.917 bits per heavy atom. The number of nitrogens with zero attached hydrogens (tertiary/aromatic N) is 2. The molecule has 0 unspecified atom stereocenters. The van der Waals surface area contributed by atoms with E-state index in [2.05, 4.69) is 4.98 Å². The number of hydrogen-bond acceptors (Lipinski definition) is 4. The topological polar surface area (TPSA) is 68.5 Å². The van der Waals surface area contributed by atoms with E-state index in [1.807, 2.05) is 12.1 Å². The number of pyridine rings is 1. The summed E-state index contributed by atoms with van der Waals surface area (Å²) in [7, 11) is 1.65. The van der Waals surface area contributed by atoms with Crippen LogP contribution in [0.1, 0.15) is 21.6 Å². The highest BCUT2D eigenvalue weighted by Crippen LogP contribution is 2.32. The van der Waals surface area contributed by atoms with E-state index >= 15 is 0 Å². The molecule has 184 valence electrons. The van der Waals surface area contributed by atoms with E-state index < -0.39 is 11.7 Å². The third kappa shape index (κ3) is 5.83. The summed E-state index contributed by atoms with van der Waals surface area (Å²) in [5.74, 6) is 0.824. The number of hydrogen-bond donors (Lipinski definition) is 1. The molecule has 0 bridgehead atoms. The summed E-state index contributed by atoms with van der Waals surface area (Å²) in [4.78, 5) is 19.0. The molecule has 0 radical (unpaired) electrons. The number of rotatable bonds is 7. The molecule has 36 heavy (non-hydrogen) atoms. The number of carbonyl (C=O) groups is 1. The van der Waals surface area contributed by atoms with Gasteiger partial charge in [-0.2, -0.15) is 13.2 Å². The summed E-state index contributed by atoms with van der Waals surface area (Å²) < 4.78 is 44.6. The Balaban J connectivity index is 1.45. The number of alkyl halides is 3. The van der Waals surface area contributed by atoms with Crippen molar-refractivity contribution in [2.45, 2.75) is 12.6 Å². The van der Waals surface area contributed by atoms with Crippen molar-refractivity contribution in [2.75, 3.05) is 24.3 Å². The Kier molecular flexibility index (Phi) is 7.24. The van der Waals surface area contributed by atoms with Gasteiger partial charge in [-0.15, -0.1) is 0 Å². The Bertz CT molecular complexity index is 1340. The smallest absolute Gasteiger partial charge is 0.416 e. The molecular formula is C28H24F3N3O2. The van der Waals surface area contributed by atoms with Gasteiger partial charge in [-0.05, 0) is 65.7 Å². The average Bonchev–Trinajstić information content (AvgIpc) is 2.88. The van der Waals surface area contributed by atoms with Crippen molar-refractivity contribution in [3.63, 3.8) is 0 Å². The molecule has 0 fully saturated rings. The maximum absolute atomic E-state index is 13.3. The van der Waals surface area contributed by atoms with E-state index in [4.69, 9.17) is 10.5 Å². The molecule has 0 saturated heterocycles. The van der Waals surface area contributed by atoms with Crippen molar-refractivity contribution >= 4 is 17.4 Å². The molecule has 1 amide bonds. The fraction of sp³-hybridized carbons (Fsp3) is 0.143. The van der Waals surface area contributed by atoms with Gasteiger partial charge < -0.3 is 15.4 Å².